The molecule has 3 nitrogen and oxygen atoms in total. The van der Waals surface area contributed by atoms with Gasteiger partial charge in [-0.25, -0.2) is 7.23 Å². The van der Waals surface area contributed by atoms with E-state index in [0.29, 0.717) is 0 Å². The lowest BCUT2D eigenvalue weighted by Crippen LogP contribution is -1.87. The van der Waals surface area contributed by atoms with Gasteiger partial charge in [-0.15, -0.1) is 0 Å². The topological polar surface area (TPSA) is 35.5 Å². The highest BCUT2D eigenvalue weighted by Gasteiger charge is 2.23. The van der Waals surface area contributed by atoms with Crippen molar-refractivity contribution in [2.24, 2.45) is 0 Å². The highest BCUT2D eigenvalue weighted by atomic mass is 79.9. The predicted molar refractivity (Wildman–Crippen MR) is 57.8 cm³/mol. The Labute approximate surface area is 93.9 Å². The van der Waals surface area contributed by atoms with Crippen LogP contribution in [0.3, 0.4) is 0 Å². The van der Waals surface area contributed by atoms with Gasteiger partial charge >= 0.3 is 7.60 Å². The molecule has 0 saturated heterocycles. The fourth-order valence-corrected chi connectivity index (χ4v) is 3.09. The van der Waals surface area contributed by atoms with E-state index in [1.54, 1.807) is 0 Å². The summed E-state index contributed by atoms with van der Waals surface area (Å²) in [6, 6.07) is 9.32. The molecule has 0 radical (unpaired) electrons. The summed E-state index contributed by atoms with van der Waals surface area (Å²) in [4.78, 5) is 0. The highest BCUT2D eigenvalue weighted by molar-refractivity contribution is 9.07. The van der Waals surface area contributed by atoms with E-state index in [1.807, 2.05) is 30.3 Å². The van der Waals surface area contributed by atoms with Crippen molar-refractivity contribution in [3.8, 4) is 0 Å². The monoisotopic (exact) mass is 328 g/mol. The van der Waals surface area contributed by atoms with Crippen molar-refractivity contribution in [1.29, 1.82) is 0 Å². The van der Waals surface area contributed by atoms with Crippen LogP contribution in [0.25, 0.3) is 0 Å². The molecule has 1 rings (SSSR count). The van der Waals surface area contributed by atoms with Gasteiger partial charge in [-0.3, -0.25) is 4.57 Å². The van der Waals surface area contributed by atoms with Gasteiger partial charge in [0.2, 0.25) is 0 Å². The van der Waals surface area contributed by atoms with Crippen LogP contribution in [0.15, 0.2) is 30.3 Å². The van der Waals surface area contributed by atoms with Gasteiger partial charge in [-0.2, -0.15) is 0 Å². The average molecular weight is 330 g/mol. The smallest absolute Gasteiger partial charge is 0.258 e. The molecule has 0 heterocycles. The Kier molecular flexibility index (Phi) is 4.62. The standard InChI is InChI=1S/C7H7Br2O3P/c8-11-13(10,12-9)6-7-4-2-1-3-5-7/h1-5H,6H2. The third kappa shape index (κ3) is 3.52. The Balaban J connectivity index is 2.74. The first-order chi connectivity index (χ1) is 6.20. The first-order valence-electron chi connectivity index (χ1n) is 3.44. The third-order valence-corrected chi connectivity index (χ3v) is 5.25. The van der Waals surface area contributed by atoms with Crippen molar-refractivity contribution in [3.05, 3.63) is 35.9 Å². The zero-order valence-electron chi connectivity index (χ0n) is 6.52. The molecule has 0 N–H and O–H groups in total. The summed E-state index contributed by atoms with van der Waals surface area (Å²) in [5, 5.41) is 0. The first kappa shape index (κ1) is 11.4. The van der Waals surface area contributed by atoms with E-state index in [1.165, 1.54) is 0 Å². The molecule has 1 aromatic rings. The highest BCUT2D eigenvalue weighted by Crippen LogP contribution is 2.54. The first-order valence-corrected chi connectivity index (χ1v) is 6.46. The largest absolute Gasteiger partial charge is 0.356 e. The number of hydrogen-bond acceptors (Lipinski definition) is 3. The second-order valence-electron chi connectivity index (χ2n) is 2.39. The second kappa shape index (κ2) is 5.27. The minimum absolute atomic E-state index is 0.227. The fourth-order valence-electron chi connectivity index (χ4n) is 0.866. The van der Waals surface area contributed by atoms with Crippen LogP contribution >= 0.6 is 40.1 Å². The van der Waals surface area contributed by atoms with Crippen molar-refractivity contribution < 1.29 is 11.8 Å². The van der Waals surface area contributed by atoms with Crippen LogP contribution in [0, 0.1) is 0 Å². The molecule has 0 bridgehead atoms. The summed E-state index contributed by atoms with van der Waals surface area (Å²) in [5.74, 6) is 0. The van der Waals surface area contributed by atoms with Crippen molar-refractivity contribution in [1.82, 2.24) is 0 Å². The molecule has 0 saturated carbocycles. The lowest BCUT2D eigenvalue weighted by Gasteiger charge is -2.09. The predicted octanol–water partition coefficient (Wildman–Crippen LogP) is 4.03. The number of benzene rings is 1. The summed E-state index contributed by atoms with van der Waals surface area (Å²) in [6.45, 7) is 0. The van der Waals surface area contributed by atoms with E-state index in [2.05, 4.69) is 39.7 Å². The van der Waals surface area contributed by atoms with Crippen LogP contribution in [0.2, 0.25) is 0 Å². The maximum absolute atomic E-state index is 11.6. The third-order valence-electron chi connectivity index (χ3n) is 1.43. The van der Waals surface area contributed by atoms with Crippen LogP contribution in [0.1, 0.15) is 5.56 Å². The molecule has 0 aromatic heterocycles. The molecule has 0 aliphatic rings. The van der Waals surface area contributed by atoms with Gasteiger partial charge in [0.25, 0.3) is 0 Å². The SMILES string of the molecule is O=P(Cc1ccccc1)(OBr)OBr. The van der Waals surface area contributed by atoms with Crippen LogP contribution < -0.4 is 0 Å². The quantitative estimate of drug-likeness (QED) is 0.782. The maximum atomic E-state index is 11.6. The molecule has 0 amide bonds. The molecular weight excluding hydrogens is 323 g/mol. The Hall–Kier alpha value is 0.330. The van der Waals surface area contributed by atoms with Crippen molar-refractivity contribution in [2.45, 2.75) is 6.16 Å². The molecule has 0 atom stereocenters. The van der Waals surface area contributed by atoms with E-state index >= 15 is 0 Å². The molecule has 13 heavy (non-hydrogen) atoms. The number of hydrogen-bond donors (Lipinski definition) is 0. The molecular formula is C7H7Br2O3P. The van der Waals surface area contributed by atoms with E-state index in [-0.39, 0.29) is 6.16 Å². The van der Waals surface area contributed by atoms with Gasteiger partial charge in [0.1, 0.15) is 32.5 Å². The Morgan fingerprint density at radius 1 is 1.15 bits per heavy atom. The molecule has 6 heteroatoms. The van der Waals surface area contributed by atoms with Crippen LogP contribution in [0.5, 0.6) is 0 Å². The molecule has 0 aliphatic heterocycles. The van der Waals surface area contributed by atoms with Gasteiger partial charge in [0.05, 0.1) is 6.16 Å². The Morgan fingerprint density at radius 2 is 1.69 bits per heavy atom. The summed E-state index contributed by atoms with van der Waals surface area (Å²) >= 11 is 5.34. The molecule has 0 unspecified atom stereocenters. The molecule has 0 spiro atoms. The van der Waals surface area contributed by atoms with Gasteiger partial charge in [-0.05, 0) is 5.56 Å². The van der Waals surface area contributed by atoms with E-state index in [4.69, 9.17) is 0 Å². The van der Waals surface area contributed by atoms with Gasteiger partial charge < -0.3 is 0 Å². The van der Waals surface area contributed by atoms with E-state index < -0.39 is 7.60 Å². The summed E-state index contributed by atoms with van der Waals surface area (Å²) in [7, 11) is -3.07. The number of halogens is 2. The maximum Gasteiger partial charge on any atom is 0.356 e. The molecule has 0 fully saturated rings. The van der Waals surface area contributed by atoms with Crippen molar-refractivity contribution in [2.75, 3.05) is 0 Å². The summed E-state index contributed by atoms with van der Waals surface area (Å²) in [5.41, 5.74) is 0.893. The summed E-state index contributed by atoms with van der Waals surface area (Å²) < 4.78 is 20.8. The second-order valence-corrected chi connectivity index (χ2v) is 5.94. The zero-order valence-corrected chi connectivity index (χ0v) is 10.6. The average Bonchev–Trinajstić information content (AvgIpc) is 2.19. The Morgan fingerprint density at radius 3 is 2.15 bits per heavy atom. The van der Waals surface area contributed by atoms with Crippen molar-refractivity contribution in [3.63, 3.8) is 0 Å². The Bertz CT molecular complexity index is 296. The minimum Gasteiger partial charge on any atom is -0.258 e. The zero-order chi connectivity index (χ0) is 9.73. The van der Waals surface area contributed by atoms with Crippen molar-refractivity contribution >= 4 is 40.1 Å². The van der Waals surface area contributed by atoms with Gasteiger partial charge in [0.15, 0.2) is 0 Å². The van der Waals surface area contributed by atoms with Gasteiger partial charge in [0, 0.05) is 0 Å². The van der Waals surface area contributed by atoms with E-state index in [9.17, 15) is 4.57 Å². The summed E-state index contributed by atoms with van der Waals surface area (Å²) in [6.07, 6.45) is 0.227. The van der Waals surface area contributed by atoms with Crippen LogP contribution in [-0.4, -0.2) is 0 Å². The van der Waals surface area contributed by atoms with Crippen LogP contribution in [-0.2, 0) is 18.0 Å². The minimum atomic E-state index is -3.07. The van der Waals surface area contributed by atoms with Gasteiger partial charge in [-0.1, -0.05) is 30.3 Å². The normalized spacial score (nSPS) is 11.5. The fraction of sp³-hybridized carbons (Fsp3) is 0.143. The van der Waals surface area contributed by atoms with E-state index in [0.717, 1.165) is 5.56 Å². The molecule has 1 aromatic carbocycles. The molecule has 0 aliphatic carbocycles. The molecule has 72 valence electrons. The lowest BCUT2D eigenvalue weighted by atomic mass is 10.2. The van der Waals surface area contributed by atoms with Crippen LogP contribution in [0.4, 0.5) is 0 Å². The lowest BCUT2D eigenvalue weighted by molar-refractivity contribution is 0.445. The number of rotatable bonds is 4.